The normalized spacial score (nSPS) is 34.0. The van der Waals surface area contributed by atoms with E-state index in [-0.39, 0.29) is 18.6 Å². The van der Waals surface area contributed by atoms with Gasteiger partial charge in [-0.05, 0) is 0 Å². The Balaban J connectivity index is 2.39. The maximum atomic E-state index is 11.8. The first-order valence-corrected chi connectivity index (χ1v) is 10.6. The summed E-state index contributed by atoms with van der Waals surface area (Å²) < 4.78 is 54.7. The lowest BCUT2D eigenvalue weighted by Crippen LogP contribution is -2.13. The number of ketones is 1. The van der Waals surface area contributed by atoms with Crippen LogP contribution in [0.15, 0.2) is 0 Å². The molecule has 15 heteroatoms. The number of carbonyl (C=O) groups is 2. The zero-order valence-corrected chi connectivity index (χ0v) is 14.5. The van der Waals surface area contributed by atoms with Crippen LogP contribution in [0.5, 0.6) is 0 Å². The molecule has 0 amide bonds. The number of carbonyl (C=O) groups excluding carboxylic acids is 2. The predicted molar refractivity (Wildman–Crippen MR) is 72.0 cm³/mol. The number of Topliss-reactive ketones (excluding diaryl/α,β-unsaturated/α-hetero) is 1. The molecule has 0 aromatic carbocycles. The van der Waals surface area contributed by atoms with Crippen molar-refractivity contribution in [1.29, 1.82) is 0 Å². The van der Waals surface area contributed by atoms with Crippen LogP contribution < -0.4 is 0 Å². The predicted octanol–water partition coefficient (Wildman–Crippen LogP) is 1.68. The molecule has 0 aromatic rings. The molecule has 1 fully saturated rings. The lowest BCUT2D eigenvalue weighted by molar-refractivity contribution is -0.145. The van der Waals surface area contributed by atoms with Crippen molar-refractivity contribution in [2.75, 3.05) is 13.2 Å². The Hall–Kier alpha value is -0.410. The van der Waals surface area contributed by atoms with E-state index < -0.39 is 42.7 Å². The molecule has 0 radical (unpaired) electrons. The van der Waals surface area contributed by atoms with Gasteiger partial charge in [-0.1, -0.05) is 6.92 Å². The van der Waals surface area contributed by atoms with Gasteiger partial charge in [-0.2, -0.15) is 12.9 Å². The Kier molecular flexibility index (Phi) is 7.28. The molecule has 1 rings (SSSR count). The van der Waals surface area contributed by atoms with E-state index in [4.69, 9.17) is 9.79 Å². The topological polar surface area (TPSA) is 172 Å². The number of hydrogen-bond acceptors (Lipinski definition) is 10. The third-order valence-electron chi connectivity index (χ3n) is 2.21. The summed E-state index contributed by atoms with van der Waals surface area (Å²) >= 11 is 0. The second kappa shape index (κ2) is 8.11. The average molecular weight is 396 g/mol. The molecule has 1 saturated heterocycles. The van der Waals surface area contributed by atoms with Crippen molar-refractivity contribution < 1.29 is 55.3 Å². The van der Waals surface area contributed by atoms with E-state index in [0.717, 1.165) is 0 Å². The van der Waals surface area contributed by atoms with Crippen molar-refractivity contribution in [1.82, 2.24) is 0 Å². The maximum absolute atomic E-state index is 11.8. The van der Waals surface area contributed by atoms with Gasteiger partial charge in [-0.25, -0.2) is 13.7 Å². The van der Waals surface area contributed by atoms with Crippen LogP contribution in [-0.4, -0.2) is 34.8 Å². The van der Waals surface area contributed by atoms with E-state index in [1.54, 1.807) is 6.92 Å². The first-order valence-electron chi connectivity index (χ1n) is 6.18. The monoisotopic (exact) mass is 396 g/mol. The summed E-state index contributed by atoms with van der Waals surface area (Å²) in [5.41, 5.74) is 0. The van der Waals surface area contributed by atoms with Crippen LogP contribution in [-0.2, 0) is 45.5 Å². The van der Waals surface area contributed by atoms with E-state index in [2.05, 4.69) is 22.2 Å². The minimum atomic E-state index is -5.09. The van der Waals surface area contributed by atoms with Crippen LogP contribution in [0.2, 0.25) is 0 Å². The van der Waals surface area contributed by atoms with Gasteiger partial charge < -0.3 is 14.5 Å². The molecule has 2 N–H and O–H groups in total. The number of esters is 1. The third kappa shape index (κ3) is 7.80. The van der Waals surface area contributed by atoms with Crippen LogP contribution in [0.1, 0.15) is 26.2 Å². The first-order chi connectivity index (χ1) is 10.5. The van der Waals surface area contributed by atoms with E-state index >= 15 is 0 Å². The van der Waals surface area contributed by atoms with Gasteiger partial charge in [-0.15, -0.1) is 0 Å². The molecule has 0 aromatic heterocycles. The van der Waals surface area contributed by atoms with Crippen LogP contribution in [0.3, 0.4) is 0 Å². The van der Waals surface area contributed by atoms with Crippen molar-refractivity contribution in [2.45, 2.75) is 26.2 Å². The van der Waals surface area contributed by atoms with Gasteiger partial charge in [0.05, 0.1) is 13.0 Å². The quantitative estimate of drug-likeness (QED) is 0.346. The van der Waals surface area contributed by atoms with Crippen molar-refractivity contribution in [3.63, 3.8) is 0 Å². The summed E-state index contributed by atoms with van der Waals surface area (Å²) in [5.74, 6) is -0.841. The second-order valence-corrected chi connectivity index (χ2v) is 9.06. The number of rotatable bonds is 8. The Morgan fingerprint density at radius 3 is 2.04 bits per heavy atom. The van der Waals surface area contributed by atoms with Gasteiger partial charge in [0, 0.05) is 12.8 Å². The SMILES string of the molecule is CCC(=O)CCC(=O)OCCOP1(=O)OP(=O)(O)OP(=O)(O)O1. The van der Waals surface area contributed by atoms with Crippen LogP contribution in [0, 0.1) is 0 Å². The van der Waals surface area contributed by atoms with Gasteiger partial charge in [-0.3, -0.25) is 14.1 Å². The molecule has 1 aliphatic heterocycles. The molecular formula is C8H15O12P3. The van der Waals surface area contributed by atoms with Gasteiger partial charge in [0.25, 0.3) is 0 Å². The number of ether oxygens (including phenoxy) is 1. The fourth-order valence-corrected chi connectivity index (χ4v) is 6.17. The molecule has 23 heavy (non-hydrogen) atoms. The minimum absolute atomic E-state index is 0.0135. The molecule has 0 aliphatic carbocycles. The molecule has 2 unspecified atom stereocenters. The van der Waals surface area contributed by atoms with Crippen LogP contribution in [0.25, 0.3) is 0 Å². The van der Waals surface area contributed by atoms with Crippen molar-refractivity contribution >= 4 is 35.2 Å². The molecule has 0 spiro atoms. The smallest absolute Gasteiger partial charge is 0.463 e. The van der Waals surface area contributed by atoms with Crippen LogP contribution in [0.4, 0.5) is 0 Å². The average Bonchev–Trinajstić information content (AvgIpc) is 2.36. The number of hydrogen-bond donors (Lipinski definition) is 2. The Bertz CT molecular complexity index is 571. The summed E-state index contributed by atoms with van der Waals surface area (Å²) in [4.78, 5) is 40.2. The highest BCUT2D eigenvalue weighted by Gasteiger charge is 2.54. The molecule has 0 bridgehead atoms. The van der Waals surface area contributed by atoms with E-state index in [0.29, 0.717) is 6.42 Å². The van der Waals surface area contributed by atoms with Crippen molar-refractivity contribution in [3.05, 3.63) is 0 Å². The Morgan fingerprint density at radius 2 is 1.52 bits per heavy atom. The van der Waals surface area contributed by atoms with Crippen molar-refractivity contribution in [3.8, 4) is 0 Å². The van der Waals surface area contributed by atoms with E-state index in [1.165, 1.54) is 0 Å². The summed E-state index contributed by atoms with van der Waals surface area (Å²) in [5, 5.41) is 0. The molecule has 2 atom stereocenters. The summed E-state index contributed by atoms with van der Waals surface area (Å²) in [6.45, 7) is 0.569. The van der Waals surface area contributed by atoms with Gasteiger partial charge in [0.1, 0.15) is 12.4 Å². The van der Waals surface area contributed by atoms with Gasteiger partial charge in [0.2, 0.25) is 0 Å². The largest absolute Gasteiger partial charge is 0.492 e. The van der Waals surface area contributed by atoms with E-state index in [1.807, 2.05) is 0 Å². The molecule has 0 saturated carbocycles. The van der Waals surface area contributed by atoms with E-state index in [9.17, 15) is 23.3 Å². The molecule has 12 nitrogen and oxygen atoms in total. The third-order valence-corrected chi connectivity index (χ3v) is 7.61. The van der Waals surface area contributed by atoms with Gasteiger partial charge in [0.15, 0.2) is 0 Å². The molecular weight excluding hydrogens is 381 g/mol. The molecule has 1 aliphatic rings. The highest BCUT2D eigenvalue weighted by atomic mass is 31.3. The summed E-state index contributed by atoms with van der Waals surface area (Å²) in [6, 6.07) is 0. The zero-order valence-electron chi connectivity index (χ0n) is 11.9. The summed E-state index contributed by atoms with van der Waals surface area (Å²) in [7, 11) is -15.0. The highest BCUT2D eigenvalue weighted by molar-refractivity contribution is 7.74. The zero-order chi connectivity index (χ0) is 17.7. The van der Waals surface area contributed by atoms with Crippen LogP contribution >= 0.6 is 23.5 Å². The fraction of sp³-hybridized carbons (Fsp3) is 0.750. The second-order valence-electron chi connectivity index (χ2n) is 4.08. The maximum Gasteiger partial charge on any atom is 0.492 e. The minimum Gasteiger partial charge on any atom is -0.463 e. The first kappa shape index (κ1) is 20.6. The number of phosphoric acid groups is 3. The lowest BCUT2D eigenvalue weighted by Gasteiger charge is -2.26. The highest BCUT2D eigenvalue weighted by Crippen LogP contribution is 2.79. The Labute approximate surface area is 130 Å². The van der Waals surface area contributed by atoms with Crippen molar-refractivity contribution in [2.24, 2.45) is 0 Å². The standard InChI is InChI=1S/C8H15O12P3/c1-2-7(9)3-4-8(10)16-5-6-17-23(15)19-21(11,12)18-22(13,14)20-23/h2-6H2,1H3,(H,11,12)(H,13,14). The van der Waals surface area contributed by atoms with Gasteiger partial charge >= 0.3 is 29.4 Å². The Morgan fingerprint density at radius 1 is 0.957 bits per heavy atom. The molecule has 1 heterocycles. The lowest BCUT2D eigenvalue weighted by atomic mass is 10.2. The summed E-state index contributed by atoms with van der Waals surface area (Å²) in [6.07, 6.45) is 0.154. The molecule has 134 valence electrons. The fourth-order valence-electron chi connectivity index (χ4n) is 1.27.